The Kier molecular flexibility index (Phi) is 3.24. The zero-order valence-corrected chi connectivity index (χ0v) is 9.47. The van der Waals surface area contributed by atoms with Crippen LogP contribution < -0.4 is 16.6 Å². The zero-order chi connectivity index (χ0) is 13.1. The number of amides is 4. The Morgan fingerprint density at radius 3 is 2.83 bits per heavy atom. The Balaban J connectivity index is 2.17. The van der Waals surface area contributed by atoms with Crippen molar-refractivity contribution >= 4 is 17.8 Å². The van der Waals surface area contributed by atoms with Gasteiger partial charge in [-0.15, -0.1) is 0 Å². The summed E-state index contributed by atoms with van der Waals surface area (Å²) in [5, 5.41) is 2.43. The Morgan fingerprint density at radius 2 is 2.22 bits per heavy atom. The van der Waals surface area contributed by atoms with Crippen LogP contribution in [0.3, 0.4) is 0 Å². The molecule has 1 fully saturated rings. The highest BCUT2D eigenvalue weighted by Gasteiger charge is 2.28. The van der Waals surface area contributed by atoms with Crippen molar-refractivity contribution < 1.29 is 14.4 Å². The molecule has 1 aromatic carbocycles. The second-order valence-corrected chi connectivity index (χ2v) is 3.81. The normalized spacial score (nSPS) is 14.6. The minimum atomic E-state index is -0.423. The maximum atomic E-state index is 11.4. The molecule has 0 unspecified atom stereocenters. The number of hydrogen-bond donors (Lipinski definition) is 3. The average molecular weight is 248 g/mol. The van der Waals surface area contributed by atoms with Crippen LogP contribution in [0.15, 0.2) is 24.3 Å². The molecule has 0 radical (unpaired) electrons. The molecular weight excluding hydrogens is 236 g/mol. The van der Waals surface area contributed by atoms with Gasteiger partial charge in [-0.2, -0.15) is 0 Å². The number of imide groups is 1. The first-order valence-electron chi connectivity index (χ1n) is 5.30. The number of hydrogen-bond acceptors (Lipinski definition) is 4. The number of carbonyl (C=O) groups excluding carboxylic acids is 3. The van der Waals surface area contributed by atoms with Gasteiger partial charge in [0, 0.05) is 5.56 Å². The first-order chi connectivity index (χ1) is 8.61. The van der Waals surface area contributed by atoms with E-state index in [1.807, 2.05) is 5.43 Å². The fourth-order valence-electron chi connectivity index (χ4n) is 1.69. The lowest BCUT2D eigenvalue weighted by Gasteiger charge is -2.12. The van der Waals surface area contributed by atoms with E-state index in [0.29, 0.717) is 11.1 Å². The largest absolute Gasteiger partial charge is 0.329 e. The molecule has 1 aromatic rings. The topological polar surface area (TPSA) is 105 Å². The highest BCUT2D eigenvalue weighted by molar-refractivity contribution is 6.01. The molecule has 2 rings (SSSR count). The second-order valence-electron chi connectivity index (χ2n) is 3.81. The van der Waals surface area contributed by atoms with Crippen LogP contribution in [0.25, 0.3) is 0 Å². The third kappa shape index (κ3) is 2.30. The molecule has 0 atom stereocenters. The van der Waals surface area contributed by atoms with Gasteiger partial charge in [-0.05, 0) is 17.7 Å². The van der Waals surface area contributed by atoms with E-state index in [0.717, 1.165) is 4.90 Å². The molecule has 1 aliphatic heterocycles. The van der Waals surface area contributed by atoms with E-state index in [2.05, 4.69) is 5.32 Å². The molecule has 0 aromatic heterocycles. The van der Waals surface area contributed by atoms with Crippen LogP contribution in [0, 0.1) is 0 Å². The van der Waals surface area contributed by atoms with E-state index in [-0.39, 0.29) is 19.0 Å². The molecule has 1 aliphatic rings. The molecule has 7 heteroatoms. The summed E-state index contributed by atoms with van der Waals surface area (Å²) in [6.45, 7) is 0.151. The molecule has 0 saturated carbocycles. The maximum absolute atomic E-state index is 11.4. The van der Waals surface area contributed by atoms with Gasteiger partial charge in [0.2, 0.25) is 5.91 Å². The van der Waals surface area contributed by atoms with Crippen molar-refractivity contribution in [2.24, 2.45) is 5.84 Å². The van der Waals surface area contributed by atoms with Crippen molar-refractivity contribution in [2.75, 3.05) is 6.54 Å². The summed E-state index contributed by atoms with van der Waals surface area (Å²) in [5.41, 5.74) is 3.08. The smallest absolute Gasteiger partial charge is 0.324 e. The summed E-state index contributed by atoms with van der Waals surface area (Å²) >= 11 is 0. The molecule has 0 bridgehead atoms. The van der Waals surface area contributed by atoms with E-state index >= 15 is 0 Å². The molecule has 94 valence electrons. The quantitative estimate of drug-likeness (QED) is 0.286. The average Bonchev–Trinajstić information content (AvgIpc) is 2.70. The number of nitrogens with two attached hydrogens (primary N) is 1. The van der Waals surface area contributed by atoms with Crippen LogP contribution in [0.5, 0.6) is 0 Å². The third-order valence-corrected chi connectivity index (χ3v) is 2.60. The molecule has 4 N–H and O–H groups in total. The highest BCUT2D eigenvalue weighted by Crippen LogP contribution is 2.10. The summed E-state index contributed by atoms with van der Waals surface area (Å²) in [6, 6.07) is 6.15. The van der Waals surface area contributed by atoms with Crippen LogP contribution in [0.2, 0.25) is 0 Å². The van der Waals surface area contributed by atoms with Gasteiger partial charge in [0.05, 0.1) is 13.1 Å². The van der Waals surface area contributed by atoms with Gasteiger partial charge in [-0.1, -0.05) is 12.1 Å². The van der Waals surface area contributed by atoms with Crippen LogP contribution in [-0.4, -0.2) is 29.3 Å². The number of nitrogens with one attached hydrogen (secondary N) is 2. The Labute approximate surface area is 103 Å². The van der Waals surface area contributed by atoms with Crippen LogP contribution in [0.1, 0.15) is 15.9 Å². The molecule has 0 aliphatic carbocycles. The fourth-order valence-corrected chi connectivity index (χ4v) is 1.69. The molecule has 1 heterocycles. The fraction of sp³-hybridized carbons (Fsp3) is 0.182. The number of hydrazine groups is 1. The Morgan fingerprint density at radius 1 is 1.44 bits per heavy atom. The van der Waals surface area contributed by atoms with Crippen LogP contribution >= 0.6 is 0 Å². The summed E-state index contributed by atoms with van der Waals surface area (Å²) in [6.07, 6.45) is 0. The van der Waals surface area contributed by atoms with Crippen molar-refractivity contribution in [1.82, 2.24) is 15.6 Å². The Hall–Kier alpha value is -2.41. The van der Waals surface area contributed by atoms with Gasteiger partial charge in [-0.25, -0.2) is 10.6 Å². The first-order valence-corrected chi connectivity index (χ1v) is 5.30. The van der Waals surface area contributed by atoms with Crippen LogP contribution in [-0.2, 0) is 11.3 Å². The first kappa shape index (κ1) is 12.1. The number of nitrogens with zero attached hydrogens (tertiary/aromatic N) is 1. The monoisotopic (exact) mass is 248 g/mol. The Bertz CT molecular complexity index is 499. The van der Waals surface area contributed by atoms with Gasteiger partial charge in [0.1, 0.15) is 0 Å². The van der Waals surface area contributed by atoms with Crippen molar-refractivity contribution in [1.29, 1.82) is 0 Å². The summed E-state index contributed by atoms with van der Waals surface area (Å²) < 4.78 is 0. The molecule has 1 saturated heterocycles. The molecule has 7 nitrogen and oxygen atoms in total. The van der Waals surface area contributed by atoms with Crippen molar-refractivity contribution in [2.45, 2.75) is 6.54 Å². The number of carbonyl (C=O) groups is 3. The molecule has 4 amide bonds. The van der Waals surface area contributed by atoms with E-state index < -0.39 is 11.9 Å². The van der Waals surface area contributed by atoms with E-state index in [1.165, 1.54) is 0 Å². The number of nitrogen functional groups attached to an aromatic ring is 1. The zero-order valence-electron chi connectivity index (χ0n) is 9.47. The summed E-state index contributed by atoms with van der Waals surface area (Å²) in [7, 11) is 0. The van der Waals surface area contributed by atoms with Crippen molar-refractivity contribution in [3.05, 3.63) is 35.4 Å². The number of urea groups is 1. The van der Waals surface area contributed by atoms with Gasteiger partial charge in [0.15, 0.2) is 0 Å². The van der Waals surface area contributed by atoms with Crippen molar-refractivity contribution in [3.8, 4) is 0 Å². The lowest BCUT2D eigenvalue weighted by molar-refractivity contribution is -0.125. The van der Waals surface area contributed by atoms with Crippen LogP contribution in [0.4, 0.5) is 4.79 Å². The van der Waals surface area contributed by atoms with Crippen molar-refractivity contribution in [3.63, 3.8) is 0 Å². The number of rotatable bonds is 3. The predicted octanol–water partition coefficient (Wildman–Crippen LogP) is -0.658. The van der Waals surface area contributed by atoms with E-state index in [9.17, 15) is 14.4 Å². The van der Waals surface area contributed by atoms with E-state index in [1.54, 1.807) is 24.3 Å². The minimum absolute atomic E-state index is 0.0157. The summed E-state index contributed by atoms with van der Waals surface area (Å²) in [5.74, 6) is 4.33. The number of benzene rings is 1. The highest BCUT2D eigenvalue weighted by atomic mass is 16.2. The summed E-state index contributed by atoms with van der Waals surface area (Å²) in [4.78, 5) is 35.2. The maximum Gasteiger partial charge on any atom is 0.324 e. The molecule has 0 spiro atoms. The lowest BCUT2D eigenvalue weighted by Crippen LogP contribution is -2.31. The van der Waals surface area contributed by atoms with Gasteiger partial charge in [-0.3, -0.25) is 19.9 Å². The SMILES string of the molecule is NNC(=O)c1cccc(CN2C(=O)CNC2=O)c1. The molecular formula is C11H12N4O3. The van der Waals surface area contributed by atoms with Gasteiger partial charge in [0.25, 0.3) is 5.91 Å². The molecule has 18 heavy (non-hydrogen) atoms. The second kappa shape index (κ2) is 4.84. The third-order valence-electron chi connectivity index (χ3n) is 2.60. The van der Waals surface area contributed by atoms with Gasteiger partial charge >= 0.3 is 6.03 Å². The van der Waals surface area contributed by atoms with Gasteiger partial charge < -0.3 is 5.32 Å². The van der Waals surface area contributed by atoms with E-state index in [4.69, 9.17) is 5.84 Å². The lowest BCUT2D eigenvalue weighted by atomic mass is 10.1. The predicted molar refractivity (Wildman–Crippen MR) is 62.0 cm³/mol. The standard InChI is InChI=1S/C11H12N4O3/c12-14-10(17)8-3-1-2-7(4-8)6-15-9(16)5-13-11(15)18/h1-4H,5-6,12H2,(H,13,18)(H,14,17). The minimum Gasteiger partial charge on any atom is -0.329 e.